The fourth-order valence-electron chi connectivity index (χ4n) is 1.55. The molecule has 1 fully saturated rings. The molecular formula is C7H10N4O3. The number of rotatable bonds is 2. The number of hydrogen-bond acceptors (Lipinski definition) is 3. The predicted molar refractivity (Wildman–Crippen MR) is 46.4 cm³/mol. The summed E-state index contributed by atoms with van der Waals surface area (Å²) in [5.41, 5.74) is 8.18. The van der Waals surface area contributed by atoms with Gasteiger partial charge in [-0.1, -0.05) is 5.11 Å². The van der Waals surface area contributed by atoms with Crippen LogP contribution in [0.3, 0.4) is 0 Å². The fraction of sp³-hybridized carbons (Fsp3) is 0.714. The van der Waals surface area contributed by atoms with E-state index < -0.39 is 18.1 Å². The number of aliphatic carboxylic acids is 1. The Bertz CT molecular complexity index is 288. The first-order chi connectivity index (χ1) is 6.56. The van der Waals surface area contributed by atoms with Crippen molar-refractivity contribution in [3.8, 4) is 0 Å². The number of carboxylic acid groups (broad SMARTS) is 1. The number of amides is 1. The van der Waals surface area contributed by atoms with E-state index in [9.17, 15) is 9.59 Å². The zero-order valence-electron chi connectivity index (χ0n) is 7.62. The summed E-state index contributed by atoms with van der Waals surface area (Å²) in [7, 11) is 0. The van der Waals surface area contributed by atoms with Crippen molar-refractivity contribution in [3.05, 3.63) is 10.4 Å². The van der Waals surface area contributed by atoms with E-state index in [0.29, 0.717) is 0 Å². The molecule has 0 aromatic rings. The molecule has 1 N–H and O–H groups in total. The third-order valence-electron chi connectivity index (χ3n) is 2.18. The number of azide groups is 1. The first-order valence-corrected chi connectivity index (χ1v) is 4.10. The molecule has 1 aliphatic heterocycles. The van der Waals surface area contributed by atoms with E-state index in [1.54, 1.807) is 0 Å². The maximum Gasteiger partial charge on any atom is 0.326 e. The van der Waals surface area contributed by atoms with E-state index in [0.717, 1.165) is 0 Å². The Labute approximate surface area is 79.9 Å². The lowest BCUT2D eigenvalue weighted by Gasteiger charge is -2.18. The third-order valence-corrected chi connectivity index (χ3v) is 2.18. The van der Waals surface area contributed by atoms with Crippen LogP contribution in [0.2, 0.25) is 0 Å². The van der Waals surface area contributed by atoms with Crippen molar-refractivity contribution in [2.45, 2.75) is 25.4 Å². The Morgan fingerprint density at radius 2 is 2.29 bits per heavy atom. The zero-order valence-corrected chi connectivity index (χ0v) is 7.62. The van der Waals surface area contributed by atoms with Crippen LogP contribution in [-0.4, -0.2) is 40.5 Å². The molecule has 0 unspecified atom stereocenters. The summed E-state index contributed by atoms with van der Waals surface area (Å²) in [5, 5.41) is 12.2. The predicted octanol–water partition coefficient (Wildman–Crippen LogP) is 0.371. The molecule has 1 saturated heterocycles. The highest BCUT2D eigenvalue weighted by Crippen LogP contribution is 2.20. The highest BCUT2D eigenvalue weighted by atomic mass is 16.4. The smallest absolute Gasteiger partial charge is 0.326 e. The van der Waals surface area contributed by atoms with Gasteiger partial charge >= 0.3 is 5.97 Å². The molecule has 0 bridgehead atoms. The van der Waals surface area contributed by atoms with Gasteiger partial charge in [-0.15, -0.1) is 0 Å². The van der Waals surface area contributed by atoms with Crippen LogP contribution >= 0.6 is 0 Å². The minimum atomic E-state index is -1.06. The van der Waals surface area contributed by atoms with E-state index in [1.165, 1.54) is 11.8 Å². The minimum Gasteiger partial charge on any atom is -0.480 e. The average molecular weight is 198 g/mol. The largest absolute Gasteiger partial charge is 0.480 e. The molecule has 0 aromatic heterocycles. The van der Waals surface area contributed by atoms with Gasteiger partial charge in [0.25, 0.3) is 0 Å². The number of nitrogens with zero attached hydrogens (tertiary/aromatic N) is 4. The summed E-state index contributed by atoms with van der Waals surface area (Å²) in [6, 6.07) is -1.28. The van der Waals surface area contributed by atoms with Gasteiger partial charge < -0.3 is 10.0 Å². The Morgan fingerprint density at radius 1 is 1.64 bits per heavy atom. The maximum atomic E-state index is 11.0. The van der Waals surface area contributed by atoms with Gasteiger partial charge in [0, 0.05) is 18.4 Å². The van der Waals surface area contributed by atoms with Gasteiger partial charge in [-0.25, -0.2) is 4.79 Å². The number of likely N-dealkylation sites (tertiary alicyclic amines) is 1. The normalized spacial score (nSPS) is 25.6. The van der Waals surface area contributed by atoms with E-state index in [4.69, 9.17) is 10.6 Å². The van der Waals surface area contributed by atoms with Crippen LogP contribution in [-0.2, 0) is 9.59 Å². The van der Waals surface area contributed by atoms with Crippen LogP contribution in [0, 0.1) is 0 Å². The van der Waals surface area contributed by atoms with Gasteiger partial charge in [0.15, 0.2) is 0 Å². The van der Waals surface area contributed by atoms with Crippen molar-refractivity contribution >= 4 is 11.9 Å². The lowest BCUT2D eigenvalue weighted by molar-refractivity contribution is -0.147. The van der Waals surface area contributed by atoms with Crippen molar-refractivity contribution < 1.29 is 14.7 Å². The lowest BCUT2D eigenvalue weighted by atomic mass is 10.2. The van der Waals surface area contributed by atoms with E-state index in [1.807, 2.05) is 0 Å². The topological polar surface area (TPSA) is 106 Å². The quantitative estimate of drug-likeness (QED) is 0.393. The van der Waals surface area contributed by atoms with Gasteiger partial charge in [-0.3, -0.25) is 4.79 Å². The summed E-state index contributed by atoms with van der Waals surface area (Å²) in [6.45, 7) is 1.49. The standard InChI is InChI=1S/C7H10N4O3/c1-4(12)11-3-5(9-10-8)2-6(11)7(13)14/h5-6H,2-3H2,1H3,(H,13,14)/t5-,6-/m1/s1. The van der Waals surface area contributed by atoms with Crippen molar-refractivity contribution in [2.24, 2.45) is 5.11 Å². The summed E-state index contributed by atoms with van der Waals surface area (Å²) < 4.78 is 0. The van der Waals surface area contributed by atoms with Crippen LogP contribution in [0.25, 0.3) is 10.4 Å². The van der Waals surface area contributed by atoms with Crippen molar-refractivity contribution in [2.75, 3.05) is 6.54 Å². The van der Waals surface area contributed by atoms with Gasteiger partial charge in [0.1, 0.15) is 6.04 Å². The third kappa shape index (κ3) is 1.94. The van der Waals surface area contributed by atoms with Crippen LogP contribution in [0.4, 0.5) is 0 Å². The Morgan fingerprint density at radius 3 is 2.64 bits per heavy atom. The summed E-state index contributed by atoms with van der Waals surface area (Å²) in [4.78, 5) is 25.6. The average Bonchev–Trinajstić information content (AvgIpc) is 2.49. The highest BCUT2D eigenvalue weighted by Gasteiger charge is 2.37. The van der Waals surface area contributed by atoms with Crippen molar-refractivity contribution in [1.82, 2.24) is 4.90 Å². The second-order valence-electron chi connectivity index (χ2n) is 3.12. The number of hydrogen-bond donors (Lipinski definition) is 1. The summed E-state index contributed by atoms with van der Waals surface area (Å²) >= 11 is 0. The minimum absolute atomic E-state index is 0.191. The van der Waals surface area contributed by atoms with Crippen LogP contribution in [0.5, 0.6) is 0 Å². The second kappa shape index (κ2) is 3.97. The summed E-state index contributed by atoms with van der Waals surface area (Å²) in [5.74, 6) is -1.37. The second-order valence-corrected chi connectivity index (χ2v) is 3.12. The SMILES string of the molecule is CC(=O)N1C[C@H](N=[N+]=[N-])C[C@@H]1C(=O)O. The first-order valence-electron chi connectivity index (χ1n) is 4.10. The molecule has 14 heavy (non-hydrogen) atoms. The Kier molecular flexibility index (Phi) is 2.93. The molecule has 0 radical (unpaired) electrons. The van der Waals surface area contributed by atoms with Crippen molar-refractivity contribution in [3.63, 3.8) is 0 Å². The van der Waals surface area contributed by atoms with E-state index >= 15 is 0 Å². The van der Waals surface area contributed by atoms with E-state index in [-0.39, 0.29) is 18.9 Å². The van der Waals surface area contributed by atoms with Crippen LogP contribution in [0.1, 0.15) is 13.3 Å². The fourth-order valence-corrected chi connectivity index (χ4v) is 1.55. The molecule has 7 nitrogen and oxygen atoms in total. The lowest BCUT2D eigenvalue weighted by Crippen LogP contribution is -2.39. The number of carbonyl (C=O) groups is 2. The number of carboxylic acids is 1. The molecule has 1 heterocycles. The molecule has 1 amide bonds. The molecule has 0 aliphatic carbocycles. The number of carbonyl (C=O) groups excluding carboxylic acids is 1. The summed E-state index contributed by atoms with van der Waals surface area (Å²) in [6.07, 6.45) is 0.193. The van der Waals surface area contributed by atoms with Gasteiger partial charge in [-0.2, -0.15) is 0 Å². The van der Waals surface area contributed by atoms with E-state index in [2.05, 4.69) is 10.0 Å². The molecule has 1 aliphatic rings. The first kappa shape index (κ1) is 10.3. The van der Waals surface area contributed by atoms with Gasteiger partial charge in [0.05, 0.1) is 6.04 Å². The molecule has 0 saturated carbocycles. The monoisotopic (exact) mass is 198 g/mol. The van der Waals surface area contributed by atoms with Gasteiger partial charge in [0.2, 0.25) is 5.91 Å². The Hall–Kier alpha value is -1.75. The molecular weight excluding hydrogens is 188 g/mol. The molecule has 76 valence electrons. The van der Waals surface area contributed by atoms with Crippen LogP contribution < -0.4 is 0 Å². The molecule has 0 aromatic carbocycles. The molecule has 7 heteroatoms. The van der Waals surface area contributed by atoms with Gasteiger partial charge in [-0.05, 0) is 12.0 Å². The van der Waals surface area contributed by atoms with Crippen LogP contribution in [0.15, 0.2) is 5.11 Å². The van der Waals surface area contributed by atoms with Crippen molar-refractivity contribution in [1.29, 1.82) is 0 Å². The Balaban J connectivity index is 2.79. The molecule has 0 spiro atoms. The zero-order chi connectivity index (χ0) is 10.7. The highest BCUT2D eigenvalue weighted by molar-refractivity contribution is 5.83. The molecule has 2 atom stereocenters. The maximum absolute atomic E-state index is 11.0. The molecule has 1 rings (SSSR count).